The molecule has 1 fully saturated rings. The summed E-state index contributed by atoms with van der Waals surface area (Å²) in [6.45, 7) is 4.51. The molecule has 4 rings (SSSR count). The van der Waals surface area contributed by atoms with Crippen molar-refractivity contribution in [2.24, 2.45) is 4.99 Å². The molecule has 3 aliphatic rings. The largest absolute Gasteiger partial charge is 0.494 e. The van der Waals surface area contributed by atoms with E-state index in [9.17, 15) is 9.59 Å². The number of imide groups is 1. The number of carbonyl (C=O) groups is 2. The van der Waals surface area contributed by atoms with Crippen LogP contribution in [-0.4, -0.2) is 53.6 Å². The zero-order valence-corrected chi connectivity index (χ0v) is 14.3. The van der Waals surface area contributed by atoms with E-state index in [1.54, 1.807) is 7.05 Å². The molecule has 0 saturated carbocycles. The fourth-order valence-electron chi connectivity index (χ4n) is 3.38. The smallest absolute Gasteiger partial charge is 0.325 e. The van der Waals surface area contributed by atoms with Crippen LogP contribution in [0.15, 0.2) is 41.2 Å². The molecule has 8 heteroatoms. The molecule has 2 unspecified atom stereocenters. The standard InChI is InChI=1S/C17H19N5O3/c1-4-25-12-7-5-11(6-8-12)22-10(2)9-21-13-14(18-16(21)22)20(3)17(24)19-15(13)23/h5-9,13-14H,4H2,1-3H3,(H,19,23,24). The number of hydrogen-bond donors (Lipinski definition) is 1. The SMILES string of the molecule is CCOc1ccc(N2C(C)=CN3C2=NC2C3C(=O)NC(=O)N2C)cc1. The zero-order valence-electron chi connectivity index (χ0n) is 14.3. The highest BCUT2D eigenvalue weighted by Crippen LogP contribution is 2.35. The quantitative estimate of drug-likeness (QED) is 0.897. The number of allylic oxidation sites excluding steroid dienone is 1. The number of hydrogen-bond acceptors (Lipinski definition) is 6. The Bertz CT molecular complexity index is 801. The van der Waals surface area contributed by atoms with Crippen LogP contribution >= 0.6 is 0 Å². The normalized spacial score (nSPS) is 24.7. The van der Waals surface area contributed by atoms with E-state index in [2.05, 4.69) is 10.3 Å². The molecule has 0 radical (unpaired) electrons. The highest BCUT2D eigenvalue weighted by molar-refractivity contribution is 6.09. The molecule has 25 heavy (non-hydrogen) atoms. The fraction of sp³-hybridized carbons (Fsp3) is 0.353. The van der Waals surface area contributed by atoms with Crippen molar-refractivity contribution in [2.75, 3.05) is 18.6 Å². The predicted molar refractivity (Wildman–Crippen MR) is 92.0 cm³/mol. The average molecular weight is 341 g/mol. The molecule has 1 aromatic carbocycles. The molecule has 1 N–H and O–H groups in total. The van der Waals surface area contributed by atoms with Crippen LogP contribution in [0.1, 0.15) is 13.8 Å². The maximum Gasteiger partial charge on any atom is 0.325 e. The number of ether oxygens (including phenoxy) is 1. The molecule has 0 aliphatic carbocycles. The molecular formula is C17H19N5O3. The van der Waals surface area contributed by atoms with Gasteiger partial charge in [-0.15, -0.1) is 0 Å². The van der Waals surface area contributed by atoms with Gasteiger partial charge in [-0.2, -0.15) is 0 Å². The molecule has 2 atom stereocenters. The number of urea groups is 1. The van der Waals surface area contributed by atoms with E-state index < -0.39 is 18.2 Å². The first-order valence-corrected chi connectivity index (χ1v) is 8.16. The minimum absolute atomic E-state index is 0.329. The summed E-state index contributed by atoms with van der Waals surface area (Å²) in [7, 11) is 1.64. The zero-order chi connectivity index (χ0) is 17.7. The average Bonchev–Trinajstić information content (AvgIpc) is 3.09. The van der Waals surface area contributed by atoms with E-state index in [1.807, 2.05) is 54.1 Å². The highest BCUT2D eigenvalue weighted by Gasteiger charge is 2.51. The van der Waals surface area contributed by atoms with Crippen molar-refractivity contribution in [3.8, 4) is 5.75 Å². The summed E-state index contributed by atoms with van der Waals surface area (Å²) >= 11 is 0. The summed E-state index contributed by atoms with van der Waals surface area (Å²) in [5, 5.41) is 2.37. The van der Waals surface area contributed by atoms with E-state index in [0.29, 0.717) is 12.6 Å². The highest BCUT2D eigenvalue weighted by atomic mass is 16.5. The van der Waals surface area contributed by atoms with Crippen molar-refractivity contribution in [1.82, 2.24) is 15.1 Å². The van der Waals surface area contributed by atoms with E-state index in [1.165, 1.54) is 4.90 Å². The third-order valence-electron chi connectivity index (χ3n) is 4.56. The van der Waals surface area contributed by atoms with Gasteiger partial charge in [-0.25, -0.2) is 9.79 Å². The minimum Gasteiger partial charge on any atom is -0.494 e. The van der Waals surface area contributed by atoms with Crippen LogP contribution in [0.4, 0.5) is 10.5 Å². The van der Waals surface area contributed by atoms with Crippen LogP contribution < -0.4 is 15.0 Å². The Labute approximate surface area is 145 Å². The maximum atomic E-state index is 12.3. The first-order valence-electron chi connectivity index (χ1n) is 8.16. The van der Waals surface area contributed by atoms with Crippen molar-refractivity contribution in [1.29, 1.82) is 0 Å². The lowest BCUT2D eigenvalue weighted by atomic mass is 10.1. The van der Waals surface area contributed by atoms with Gasteiger partial charge < -0.3 is 14.5 Å². The minimum atomic E-state index is -0.541. The summed E-state index contributed by atoms with van der Waals surface area (Å²) in [5.74, 6) is 1.12. The van der Waals surface area contributed by atoms with Crippen LogP contribution in [-0.2, 0) is 4.79 Å². The number of rotatable bonds is 3. The molecule has 1 saturated heterocycles. The molecule has 1 aromatic rings. The molecule has 8 nitrogen and oxygen atoms in total. The Hall–Kier alpha value is -3.03. The Morgan fingerprint density at radius 3 is 2.64 bits per heavy atom. The summed E-state index contributed by atoms with van der Waals surface area (Å²) in [5.41, 5.74) is 1.88. The fourth-order valence-corrected chi connectivity index (χ4v) is 3.38. The predicted octanol–water partition coefficient (Wildman–Crippen LogP) is 1.31. The van der Waals surface area contributed by atoms with Crippen molar-refractivity contribution >= 4 is 23.6 Å². The number of amides is 3. The lowest BCUT2D eigenvalue weighted by molar-refractivity contribution is -0.126. The van der Waals surface area contributed by atoms with Crippen LogP contribution in [0.3, 0.4) is 0 Å². The molecule has 3 aliphatic heterocycles. The number of likely N-dealkylation sites (N-methyl/N-ethyl adjacent to an activating group) is 1. The Morgan fingerprint density at radius 1 is 1.24 bits per heavy atom. The van der Waals surface area contributed by atoms with Crippen molar-refractivity contribution in [2.45, 2.75) is 26.1 Å². The number of fused-ring (bicyclic) bond motifs is 3. The number of benzene rings is 1. The number of nitrogens with one attached hydrogen (secondary N) is 1. The lowest BCUT2D eigenvalue weighted by Crippen LogP contribution is -2.62. The van der Waals surface area contributed by atoms with Gasteiger partial charge in [0.15, 0.2) is 12.2 Å². The second-order valence-corrected chi connectivity index (χ2v) is 6.13. The van der Waals surface area contributed by atoms with Crippen LogP contribution in [0.25, 0.3) is 0 Å². The number of aliphatic imine (C=N–C) groups is 1. The third-order valence-corrected chi connectivity index (χ3v) is 4.56. The van der Waals surface area contributed by atoms with Gasteiger partial charge in [-0.05, 0) is 38.1 Å². The van der Waals surface area contributed by atoms with Crippen LogP contribution in [0.5, 0.6) is 5.75 Å². The van der Waals surface area contributed by atoms with Gasteiger partial charge in [0.2, 0.25) is 5.96 Å². The monoisotopic (exact) mass is 341 g/mol. The van der Waals surface area contributed by atoms with Gasteiger partial charge in [0.25, 0.3) is 5.91 Å². The molecule has 3 heterocycles. The number of guanidine groups is 1. The number of nitrogens with zero attached hydrogens (tertiary/aromatic N) is 4. The number of carbonyl (C=O) groups excluding carboxylic acids is 2. The van der Waals surface area contributed by atoms with Crippen LogP contribution in [0.2, 0.25) is 0 Å². The first-order chi connectivity index (χ1) is 12.0. The number of anilines is 1. The van der Waals surface area contributed by atoms with Gasteiger partial charge in [0.1, 0.15) is 5.75 Å². The van der Waals surface area contributed by atoms with Crippen LogP contribution in [0, 0.1) is 0 Å². The Balaban J connectivity index is 1.68. The van der Waals surface area contributed by atoms with Crippen molar-refractivity contribution in [3.05, 3.63) is 36.2 Å². The summed E-state index contributed by atoms with van der Waals surface area (Å²) in [6.07, 6.45) is 1.37. The van der Waals surface area contributed by atoms with Gasteiger partial charge in [0.05, 0.1) is 6.61 Å². The van der Waals surface area contributed by atoms with Crippen molar-refractivity contribution in [3.63, 3.8) is 0 Å². The summed E-state index contributed by atoms with van der Waals surface area (Å²) in [6, 6.07) is 6.74. The molecule has 0 spiro atoms. The van der Waals surface area contributed by atoms with Gasteiger partial charge in [-0.1, -0.05) is 0 Å². The lowest BCUT2D eigenvalue weighted by Gasteiger charge is -2.34. The maximum absolute atomic E-state index is 12.3. The molecular weight excluding hydrogens is 322 g/mol. The summed E-state index contributed by atoms with van der Waals surface area (Å²) in [4.78, 5) is 34.1. The van der Waals surface area contributed by atoms with E-state index >= 15 is 0 Å². The second kappa shape index (κ2) is 5.51. The third kappa shape index (κ3) is 2.25. The van der Waals surface area contributed by atoms with E-state index in [0.717, 1.165) is 17.1 Å². The molecule has 0 bridgehead atoms. The second-order valence-electron chi connectivity index (χ2n) is 6.13. The van der Waals surface area contributed by atoms with Gasteiger partial charge in [0, 0.05) is 24.6 Å². The molecule has 3 amide bonds. The molecule has 0 aromatic heterocycles. The molecule has 130 valence electrons. The van der Waals surface area contributed by atoms with E-state index in [4.69, 9.17) is 4.74 Å². The Kier molecular flexibility index (Phi) is 3.41. The topological polar surface area (TPSA) is 77.5 Å². The Morgan fingerprint density at radius 2 is 1.96 bits per heavy atom. The van der Waals surface area contributed by atoms with E-state index in [-0.39, 0.29) is 5.91 Å². The van der Waals surface area contributed by atoms with Gasteiger partial charge in [-0.3, -0.25) is 15.0 Å². The van der Waals surface area contributed by atoms with Crippen molar-refractivity contribution < 1.29 is 14.3 Å². The van der Waals surface area contributed by atoms with Gasteiger partial charge >= 0.3 is 6.03 Å². The summed E-state index contributed by atoms with van der Waals surface area (Å²) < 4.78 is 5.48. The first kappa shape index (κ1) is 15.5.